The van der Waals surface area contributed by atoms with E-state index in [4.69, 9.17) is 32.7 Å². The Morgan fingerprint density at radius 1 is 1.32 bits per heavy atom. The lowest BCUT2D eigenvalue weighted by molar-refractivity contribution is -0.115. The minimum atomic E-state index is -0.217. The fourth-order valence-electron chi connectivity index (χ4n) is 2.45. The molecule has 8 heteroatoms. The van der Waals surface area contributed by atoms with Crippen molar-refractivity contribution in [2.75, 3.05) is 18.5 Å². The molecule has 1 aliphatic rings. The molecule has 0 bridgehead atoms. The lowest BCUT2D eigenvalue weighted by Crippen LogP contribution is -2.28. The molecular formula is C17H17Cl2N3O3. The quantitative estimate of drug-likeness (QED) is 0.801. The monoisotopic (exact) mass is 381 g/mol. The van der Waals surface area contributed by atoms with Crippen LogP contribution in [0.3, 0.4) is 0 Å². The molecule has 0 saturated carbocycles. The number of rotatable bonds is 5. The van der Waals surface area contributed by atoms with Crippen LogP contribution in [0.1, 0.15) is 18.4 Å². The molecule has 0 radical (unpaired) electrons. The Morgan fingerprint density at radius 2 is 2.20 bits per heavy atom. The van der Waals surface area contributed by atoms with E-state index >= 15 is 0 Å². The number of nitrogens with one attached hydrogen (secondary N) is 1. The topological polar surface area (TPSA) is 73.3 Å². The van der Waals surface area contributed by atoms with Crippen LogP contribution in [0.4, 0.5) is 5.82 Å². The maximum absolute atomic E-state index is 12.1. The van der Waals surface area contributed by atoms with Crippen molar-refractivity contribution in [3.05, 3.63) is 46.3 Å². The third kappa shape index (κ3) is 5.29. The Bertz CT molecular complexity index is 734. The molecule has 3 heterocycles. The van der Waals surface area contributed by atoms with Gasteiger partial charge in [0.25, 0.3) is 0 Å². The molecule has 0 aliphatic carbocycles. The molecule has 1 N–H and O–H groups in total. The summed E-state index contributed by atoms with van der Waals surface area (Å²) in [4.78, 5) is 20.2. The van der Waals surface area contributed by atoms with E-state index < -0.39 is 0 Å². The molecule has 0 spiro atoms. The smallest absolute Gasteiger partial charge is 0.230 e. The van der Waals surface area contributed by atoms with Gasteiger partial charge in [0.15, 0.2) is 0 Å². The lowest BCUT2D eigenvalue weighted by Gasteiger charge is -2.23. The Labute approximate surface area is 155 Å². The number of aromatic nitrogens is 2. The Kier molecular flexibility index (Phi) is 6.07. The van der Waals surface area contributed by atoms with E-state index in [0.717, 1.165) is 25.0 Å². The van der Waals surface area contributed by atoms with E-state index in [1.807, 2.05) is 0 Å². The number of nitrogens with zero attached hydrogens (tertiary/aromatic N) is 2. The number of hydrogen-bond donors (Lipinski definition) is 1. The van der Waals surface area contributed by atoms with Crippen LogP contribution in [0.5, 0.6) is 5.75 Å². The van der Waals surface area contributed by atoms with Crippen molar-refractivity contribution in [3.63, 3.8) is 0 Å². The zero-order chi connectivity index (χ0) is 17.6. The number of pyridine rings is 2. The first-order valence-electron chi connectivity index (χ1n) is 7.90. The first-order valence-corrected chi connectivity index (χ1v) is 8.66. The van der Waals surface area contributed by atoms with Crippen molar-refractivity contribution >= 4 is 34.9 Å². The van der Waals surface area contributed by atoms with Gasteiger partial charge in [-0.1, -0.05) is 29.3 Å². The number of hydrogen-bond acceptors (Lipinski definition) is 5. The average molecular weight is 382 g/mol. The number of halogens is 2. The van der Waals surface area contributed by atoms with Crippen LogP contribution < -0.4 is 10.1 Å². The molecule has 6 nitrogen and oxygen atoms in total. The van der Waals surface area contributed by atoms with Crippen molar-refractivity contribution in [2.24, 2.45) is 0 Å². The predicted octanol–water partition coefficient (Wildman–Crippen LogP) is 3.52. The maximum Gasteiger partial charge on any atom is 0.230 e. The van der Waals surface area contributed by atoms with Crippen molar-refractivity contribution in [3.8, 4) is 5.75 Å². The van der Waals surface area contributed by atoms with Gasteiger partial charge >= 0.3 is 0 Å². The summed E-state index contributed by atoms with van der Waals surface area (Å²) in [7, 11) is 0. The molecule has 1 amide bonds. The Morgan fingerprint density at radius 3 is 2.92 bits per heavy atom. The van der Waals surface area contributed by atoms with Crippen LogP contribution >= 0.6 is 23.2 Å². The third-order valence-electron chi connectivity index (χ3n) is 3.65. The van der Waals surface area contributed by atoms with Crippen molar-refractivity contribution in [1.29, 1.82) is 0 Å². The van der Waals surface area contributed by atoms with Crippen LogP contribution in [0, 0.1) is 0 Å². The predicted molar refractivity (Wildman–Crippen MR) is 95.3 cm³/mol. The fraction of sp³-hybridized carbons (Fsp3) is 0.353. The van der Waals surface area contributed by atoms with Crippen LogP contribution in [-0.4, -0.2) is 35.2 Å². The van der Waals surface area contributed by atoms with Gasteiger partial charge in [-0.2, -0.15) is 0 Å². The Balaban J connectivity index is 1.62. The highest BCUT2D eigenvalue weighted by atomic mass is 35.5. The van der Waals surface area contributed by atoms with E-state index in [0.29, 0.717) is 28.3 Å². The molecule has 1 saturated heterocycles. The van der Waals surface area contributed by atoms with Gasteiger partial charge in [-0.3, -0.25) is 4.79 Å². The highest BCUT2D eigenvalue weighted by molar-refractivity contribution is 6.32. The van der Waals surface area contributed by atoms with E-state index in [-0.39, 0.29) is 18.4 Å². The summed E-state index contributed by atoms with van der Waals surface area (Å²) < 4.78 is 11.3. The van der Waals surface area contributed by atoms with Gasteiger partial charge in [0.05, 0.1) is 19.2 Å². The highest BCUT2D eigenvalue weighted by Gasteiger charge is 2.17. The van der Waals surface area contributed by atoms with Crippen molar-refractivity contribution < 1.29 is 14.3 Å². The molecule has 3 rings (SSSR count). The number of carbonyl (C=O) groups is 1. The van der Waals surface area contributed by atoms with E-state index in [2.05, 4.69) is 15.3 Å². The molecule has 1 atom stereocenters. The molecular weight excluding hydrogens is 365 g/mol. The number of anilines is 1. The molecule has 25 heavy (non-hydrogen) atoms. The average Bonchev–Trinajstić information content (AvgIpc) is 2.61. The first-order chi connectivity index (χ1) is 12.1. The highest BCUT2D eigenvalue weighted by Crippen LogP contribution is 2.28. The minimum Gasteiger partial charge on any atom is -0.486 e. The standard InChI is InChI=1S/C17H17Cl2N3O3/c18-13-9-21-16(7-14(13)25-12-2-1-5-24-10-12)22-17(23)6-11-3-4-15(19)20-8-11/h3-4,7-9,12H,1-2,5-6,10H2,(H,21,22,23). The summed E-state index contributed by atoms with van der Waals surface area (Å²) in [6, 6.07) is 5.01. The first kappa shape index (κ1) is 17.9. The normalized spacial score (nSPS) is 17.1. The second-order valence-corrected chi connectivity index (χ2v) is 6.47. The van der Waals surface area contributed by atoms with Gasteiger partial charge in [0, 0.05) is 18.9 Å². The second kappa shape index (κ2) is 8.47. The zero-order valence-corrected chi connectivity index (χ0v) is 14.9. The van der Waals surface area contributed by atoms with E-state index in [9.17, 15) is 4.79 Å². The van der Waals surface area contributed by atoms with Gasteiger partial charge in [-0.05, 0) is 24.5 Å². The molecule has 1 fully saturated rings. The summed E-state index contributed by atoms with van der Waals surface area (Å²) in [6.45, 7) is 1.29. The van der Waals surface area contributed by atoms with Crippen molar-refractivity contribution in [1.82, 2.24) is 9.97 Å². The van der Waals surface area contributed by atoms with Crippen LogP contribution in [0.25, 0.3) is 0 Å². The largest absolute Gasteiger partial charge is 0.486 e. The summed E-state index contributed by atoms with van der Waals surface area (Å²) >= 11 is 11.9. The number of amides is 1. The summed E-state index contributed by atoms with van der Waals surface area (Å²) in [6.07, 6.45) is 5.00. The molecule has 0 aromatic carbocycles. The molecule has 2 aromatic heterocycles. The SMILES string of the molecule is O=C(Cc1ccc(Cl)nc1)Nc1cc(OC2CCCOC2)c(Cl)cn1. The van der Waals surface area contributed by atoms with E-state index in [1.165, 1.54) is 6.20 Å². The maximum atomic E-state index is 12.1. The van der Waals surface area contributed by atoms with Gasteiger partial charge in [-0.15, -0.1) is 0 Å². The molecule has 1 unspecified atom stereocenters. The van der Waals surface area contributed by atoms with Gasteiger partial charge in [0.1, 0.15) is 27.8 Å². The van der Waals surface area contributed by atoms with Gasteiger partial charge in [0.2, 0.25) is 5.91 Å². The van der Waals surface area contributed by atoms with E-state index in [1.54, 1.807) is 24.4 Å². The molecule has 132 valence electrons. The summed E-state index contributed by atoms with van der Waals surface area (Å²) in [5, 5.41) is 3.51. The van der Waals surface area contributed by atoms with Gasteiger partial charge < -0.3 is 14.8 Å². The fourth-order valence-corrected chi connectivity index (χ4v) is 2.71. The van der Waals surface area contributed by atoms with Crippen LogP contribution in [0.15, 0.2) is 30.6 Å². The lowest BCUT2D eigenvalue weighted by atomic mass is 10.2. The number of ether oxygens (including phenoxy) is 2. The Hall–Kier alpha value is -1.89. The minimum absolute atomic E-state index is 0.0441. The van der Waals surface area contributed by atoms with Crippen LogP contribution in [-0.2, 0) is 16.0 Å². The summed E-state index contributed by atoms with van der Waals surface area (Å²) in [5.41, 5.74) is 0.756. The molecule has 2 aromatic rings. The number of carbonyl (C=O) groups excluding carboxylic acids is 1. The van der Waals surface area contributed by atoms with Crippen molar-refractivity contribution in [2.45, 2.75) is 25.4 Å². The second-order valence-electron chi connectivity index (χ2n) is 5.67. The van der Waals surface area contributed by atoms with Gasteiger partial charge in [-0.25, -0.2) is 9.97 Å². The summed E-state index contributed by atoms with van der Waals surface area (Å²) in [5.74, 6) is 0.643. The molecule has 1 aliphatic heterocycles. The third-order valence-corrected chi connectivity index (χ3v) is 4.16. The van der Waals surface area contributed by atoms with Crippen LogP contribution in [0.2, 0.25) is 10.2 Å². The zero-order valence-electron chi connectivity index (χ0n) is 13.4.